The molecule has 1 aromatic carbocycles. The number of hydrogen-bond acceptors (Lipinski definition) is 4. The van der Waals surface area contributed by atoms with Crippen LogP contribution in [0.2, 0.25) is 0 Å². The van der Waals surface area contributed by atoms with Gasteiger partial charge >= 0.3 is 0 Å². The first-order valence-electron chi connectivity index (χ1n) is 7.01. The van der Waals surface area contributed by atoms with Gasteiger partial charge < -0.3 is 10.6 Å². The Kier molecular flexibility index (Phi) is 4.17. The molecular formula is C15H15F2N3OS. The molecule has 1 aliphatic rings. The largest absolute Gasteiger partial charge is 0.337 e. The summed E-state index contributed by atoms with van der Waals surface area (Å²) in [5.74, 6) is -1.58. The van der Waals surface area contributed by atoms with E-state index in [1.54, 1.807) is 4.90 Å². The van der Waals surface area contributed by atoms with E-state index in [-0.39, 0.29) is 28.2 Å². The third kappa shape index (κ3) is 2.86. The smallest absolute Gasteiger partial charge is 0.273 e. The molecule has 4 nitrogen and oxygen atoms in total. The number of thiazole rings is 1. The summed E-state index contributed by atoms with van der Waals surface area (Å²) >= 11 is 1.06. The van der Waals surface area contributed by atoms with Crippen LogP contribution in [0.1, 0.15) is 23.3 Å². The minimum Gasteiger partial charge on any atom is -0.337 e. The molecule has 1 saturated heterocycles. The zero-order valence-corrected chi connectivity index (χ0v) is 12.6. The maximum atomic E-state index is 13.8. The van der Waals surface area contributed by atoms with Crippen molar-refractivity contribution >= 4 is 17.2 Å². The van der Waals surface area contributed by atoms with Crippen LogP contribution in [0.15, 0.2) is 23.6 Å². The lowest BCUT2D eigenvalue weighted by molar-refractivity contribution is 0.0709. The minimum absolute atomic E-state index is 0.127. The Morgan fingerprint density at radius 3 is 2.55 bits per heavy atom. The van der Waals surface area contributed by atoms with Crippen molar-refractivity contribution < 1.29 is 13.6 Å². The molecule has 2 heterocycles. The Hall–Kier alpha value is -1.86. The number of rotatable bonds is 2. The lowest BCUT2D eigenvalue weighted by Gasteiger charge is -2.29. The van der Waals surface area contributed by atoms with Crippen molar-refractivity contribution in [2.45, 2.75) is 18.9 Å². The number of nitrogens with two attached hydrogens (primary N) is 1. The highest BCUT2D eigenvalue weighted by atomic mass is 32.1. The van der Waals surface area contributed by atoms with Gasteiger partial charge in [-0.1, -0.05) is 6.07 Å². The average molecular weight is 323 g/mol. The zero-order valence-electron chi connectivity index (χ0n) is 11.8. The SMILES string of the molecule is NC1CCN(C(=O)c2csc(-c3c(F)cccc3F)n2)CC1. The summed E-state index contributed by atoms with van der Waals surface area (Å²) in [5.41, 5.74) is 5.85. The van der Waals surface area contributed by atoms with Crippen LogP contribution in [0.4, 0.5) is 8.78 Å². The van der Waals surface area contributed by atoms with Gasteiger partial charge in [0.15, 0.2) is 0 Å². The third-order valence-electron chi connectivity index (χ3n) is 3.73. The maximum absolute atomic E-state index is 13.8. The number of likely N-dealkylation sites (tertiary alicyclic amines) is 1. The Bertz CT molecular complexity index is 676. The minimum atomic E-state index is -0.683. The van der Waals surface area contributed by atoms with E-state index >= 15 is 0 Å². The number of carbonyl (C=O) groups is 1. The van der Waals surface area contributed by atoms with Crippen molar-refractivity contribution in [3.05, 3.63) is 40.9 Å². The second-order valence-electron chi connectivity index (χ2n) is 5.26. The van der Waals surface area contributed by atoms with Crippen molar-refractivity contribution in [2.24, 2.45) is 5.73 Å². The first-order chi connectivity index (χ1) is 10.6. The maximum Gasteiger partial charge on any atom is 0.273 e. The highest BCUT2D eigenvalue weighted by Gasteiger charge is 2.24. The number of piperidine rings is 1. The number of benzene rings is 1. The second-order valence-corrected chi connectivity index (χ2v) is 6.12. The first-order valence-corrected chi connectivity index (χ1v) is 7.89. The van der Waals surface area contributed by atoms with E-state index in [0.29, 0.717) is 13.1 Å². The molecule has 2 N–H and O–H groups in total. The van der Waals surface area contributed by atoms with Crippen LogP contribution < -0.4 is 5.73 Å². The lowest BCUT2D eigenvalue weighted by Crippen LogP contribution is -2.42. The van der Waals surface area contributed by atoms with Crippen molar-refractivity contribution in [2.75, 3.05) is 13.1 Å². The predicted molar refractivity (Wildman–Crippen MR) is 80.6 cm³/mol. The van der Waals surface area contributed by atoms with Gasteiger partial charge in [-0.05, 0) is 25.0 Å². The number of hydrogen-bond donors (Lipinski definition) is 1. The van der Waals surface area contributed by atoms with Crippen LogP contribution in [0.3, 0.4) is 0 Å². The van der Waals surface area contributed by atoms with E-state index in [4.69, 9.17) is 5.73 Å². The molecule has 0 atom stereocenters. The van der Waals surface area contributed by atoms with Crippen LogP contribution >= 0.6 is 11.3 Å². The summed E-state index contributed by atoms with van der Waals surface area (Å²) in [5, 5.41) is 1.71. The molecule has 1 amide bonds. The standard InChI is InChI=1S/C15H15F2N3OS/c16-10-2-1-3-11(17)13(10)14-19-12(8-22-14)15(21)20-6-4-9(18)5-7-20/h1-3,8-9H,4-7,18H2. The summed E-state index contributed by atoms with van der Waals surface area (Å²) in [6.45, 7) is 1.17. The Morgan fingerprint density at radius 2 is 1.91 bits per heavy atom. The fraction of sp³-hybridized carbons (Fsp3) is 0.333. The Labute approximate surface area is 130 Å². The van der Waals surface area contributed by atoms with Gasteiger partial charge in [-0.15, -0.1) is 11.3 Å². The predicted octanol–water partition coefficient (Wildman–Crippen LogP) is 2.65. The highest BCUT2D eigenvalue weighted by molar-refractivity contribution is 7.13. The van der Waals surface area contributed by atoms with Crippen LogP contribution in [0.5, 0.6) is 0 Å². The highest BCUT2D eigenvalue weighted by Crippen LogP contribution is 2.29. The Morgan fingerprint density at radius 1 is 1.27 bits per heavy atom. The molecule has 0 aliphatic carbocycles. The van der Waals surface area contributed by atoms with Gasteiger partial charge in [-0.3, -0.25) is 4.79 Å². The van der Waals surface area contributed by atoms with E-state index in [0.717, 1.165) is 24.2 Å². The summed E-state index contributed by atoms with van der Waals surface area (Å²) < 4.78 is 27.5. The van der Waals surface area contributed by atoms with Gasteiger partial charge in [0.25, 0.3) is 5.91 Å². The molecule has 7 heteroatoms. The fourth-order valence-electron chi connectivity index (χ4n) is 2.45. The summed E-state index contributed by atoms with van der Waals surface area (Å²) in [7, 11) is 0. The van der Waals surface area contributed by atoms with Crippen molar-refractivity contribution in [1.82, 2.24) is 9.88 Å². The molecule has 2 aromatic rings. The molecule has 1 aromatic heterocycles. The lowest BCUT2D eigenvalue weighted by atomic mass is 10.1. The number of halogens is 2. The molecule has 1 aliphatic heterocycles. The monoisotopic (exact) mass is 323 g/mol. The normalized spacial score (nSPS) is 16.0. The van der Waals surface area contributed by atoms with E-state index in [9.17, 15) is 13.6 Å². The van der Waals surface area contributed by atoms with Crippen LogP contribution in [-0.4, -0.2) is 34.9 Å². The molecule has 0 unspecified atom stereocenters. The first kappa shape index (κ1) is 15.1. The third-order valence-corrected chi connectivity index (χ3v) is 4.59. The van der Waals surface area contributed by atoms with Gasteiger partial charge in [-0.25, -0.2) is 13.8 Å². The van der Waals surface area contributed by atoms with Crippen LogP contribution in [0, 0.1) is 11.6 Å². The number of aromatic nitrogens is 1. The fourth-order valence-corrected chi connectivity index (χ4v) is 3.29. The van der Waals surface area contributed by atoms with Crippen molar-refractivity contribution in [3.63, 3.8) is 0 Å². The summed E-state index contributed by atoms with van der Waals surface area (Å²) in [4.78, 5) is 18.2. The van der Waals surface area contributed by atoms with Crippen molar-refractivity contribution in [1.29, 1.82) is 0 Å². The quantitative estimate of drug-likeness (QED) is 0.924. The molecule has 0 bridgehead atoms. The van der Waals surface area contributed by atoms with Gasteiger partial charge in [0.1, 0.15) is 22.3 Å². The number of nitrogens with zero attached hydrogens (tertiary/aromatic N) is 2. The zero-order chi connectivity index (χ0) is 15.7. The Balaban J connectivity index is 1.83. The van der Waals surface area contributed by atoms with Crippen molar-refractivity contribution in [3.8, 4) is 10.6 Å². The molecular weight excluding hydrogens is 308 g/mol. The van der Waals surface area contributed by atoms with E-state index < -0.39 is 11.6 Å². The van der Waals surface area contributed by atoms with Crippen LogP contribution in [0.25, 0.3) is 10.6 Å². The molecule has 116 valence electrons. The van der Waals surface area contributed by atoms with E-state index in [1.165, 1.54) is 23.6 Å². The molecule has 1 fully saturated rings. The van der Waals surface area contributed by atoms with Gasteiger partial charge in [0.2, 0.25) is 0 Å². The van der Waals surface area contributed by atoms with E-state index in [2.05, 4.69) is 4.98 Å². The summed E-state index contributed by atoms with van der Waals surface area (Å²) in [6, 6.07) is 3.77. The number of amides is 1. The molecule has 0 radical (unpaired) electrons. The van der Waals surface area contributed by atoms with Crippen LogP contribution in [-0.2, 0) is 0 Å². The van der Waals surface area contributed by atoms with Gasteiger partial charge in [0, 0.05) is 24.5 Å². The molecule has 0 spiro atoms. The average Bonchev–Trinajstić information content (AvgIpc) is 2.97. The van der Waals surface area contributed by atoms with E-state index in [1.807, 2.05) is 0 Å². The molecule has 0 saturated carbocycles. The topological polar surface area (TPSA) is 59.2 Å². The summed E-state index contributed by atoms with van der Waals surface area (Å²) in [6.07, 6.45) is 1.51. The second kappa shape index (κ2) is 6.10. The molecule has 3 rings (SSSR count). The van der Waals surface area contributed by atoms with Gasteiger partial charge in [0.05, 0.1) is 5.56 Å². The number of carbonyl (C=O) groups excluding carboxylic acids is 1. The van der Waals surface area contributed by atoms with Gasteiger partial charge in [-0.2, -0.15) is 0 Å². The molecule has 22 heavy (non-hydrogen) atoms.